The minimum absolute atomic E-state index is 0.286. The maximum atomic E-state index is 13.8. The first kappa shape index (κ1) is 20.6. The monoisotopic (exact) mass is 402 g/mol. The highest BCUT2D eigenvalue weighted by Crippen LogP contribution is 2.37. The normalized spacial score (nSPS) is 18.8. The van der Waals surface area contributed by atoms with Gasteiger partial charge in [0.25, 0.3) is 0 Å². The molecule has 0 saturated heterocycles. The van der Waals surface area contributed by atoms with Gasteiger partial charge in [-0.25, -0.2) is 8.78 Å². The van der Waals surface area contributed by atoms with Gasteiger partial charge in [-0.05, 0) is 78.8 Å². The molecule has 0 heterocycles. The SMILES string of the molecule is CCCCC1CCC(c2ccc(C#Cc3ccc4c(F)c(F)ccc4c3)cc2)CC1. The van der Waals surface area contributed by atoms with Crippen molar-refractivity contribution in [2.45, 2.75) is 57.8 Å². The van der Waals surface area contributed by atoms with Crippen molar-refractivity contribution in [1.82, 2.24) is 0 Å². The molecule has 0 aromatic heterocycles. The second-order valence-electron chi connectivity index (χ2n) is 8.53. The average Bonchev–Trinajstić information content (AvgIpc) is 2.79. The Kier molecular flexibility index (Phi) is 6.48. The van der Waals surface area contributed by atoms with Crippen molar-refractivity contribution < 1.29 is 8.78 Å². The van der Waals surface area contributed by atoms with E-state index in [9.17, 15) is 8.78 Å². The zero-order valence-corrected chi connectivity index (χ0v) is 17.6. The summed E-state index contributed by atoms with van der Waals surface area (Å²) in [5.74, 6) is 6.32. The molecule has 0 amide bonds. The van der Waals surface area contributed by atoms with Gasteiger partial charge in [-0.1, -0.05) is 62.3 Å². The van der Waals surface area contributed by atoms with Crippen LogP contribution in [-0.2, 0) is 0 Å². The average molecular weight is 403 g/mol. The Morgan fingerprint density at radius 3 is 2.27 bits per heavy atom. The lowest BCUT2D eigenvalue weighted by molar-refractivity contribution is 0.304. The van der Waals surface area contributed by atoms with E-state index in [1.165, 1.54) is 50.5 Å². The highest BCUT2D eigenvalue weighted by Gasteiger charge is 2.21. The van der Waals surface area contributed by atoms with E-state index in [2.05, 4.69) is 43.0 Å². The molecule has 1 aliphatic rings. The smallest absolute Gasteiger partial charge is 0.166 e. The van der Waals surface area contributed by atoms with Crippen molar-refractivity contribution in [2.75, 3.05) is 0 Å². The Morgan fingerprint density at radius 1 is 0.833 bits per heavy atom. The number of rotatable bonds is 4. The van der Waals surface area contributed by atoms with Gasteiger partial charge in [0.15, 0.2) is 11.6 Å². The van der Waals surface area contributed by atoms with E-state index in [-0.39, 0.29) is 5.39 Å². The Bertz CT molecular complexity index is 1060. The molecule has 3 aromatic carbocycles. The molecule has 1 saturated carbocycles. The Morgan fingerprint density at radius 2 is 1.53 bits per heavy atom. The van der Waals surface area contributed by atoms with E-state index in [4.69, 9.17) is 0 Å². The molecule has 154 valence electrons. The van der Waals surface area contributed by atoms with Gasteiger partial charge in [0.2, 0.25) is 0 Å². The van der Waals surface area contributed by atoms with E-state index < -0.39 is 11.6 Å². The van der Waals surface area contributed by atoms with Crippen molar-refractivity contribution in [1.29, 1.82) is 0 Å². The molecule has 1 aliphatic carbocycles. The highest BCUT2D eigenvalue weighted by atomic mass is 19.2. The summed E-state index contributed by atoms with van der Waals surface area (Å²) in [5.41, 5.74) is 3.20. The maximum absolute atomic E-state index is 13.8. The van der Waals surface area contributed by atoms with Crippen LogP contribution in [0, 0.1) is 29.4 Å². The van der Waals surface area contributed by atoms with Crippen molar-refractivity contribution in [3.05, 3.63) is 82.9 Å². The second kappa shape index (κ2) is 9.43. The highest BCUT2D eigenvalue weighted by molar-refractivity contribution is 5.84. The number of benzene rings is 3. The van der Waals surface area contributed by atoms with Crippen molar-refractivity contribution in [3.63, 3.8) is 0 Å². The number of halogens is 2. The molecule has 0 nitrogen and oxygen atoms in total. The number of fused-ring (bicyclic) bond motifs is 1. The van der Waals surface area contributed by atoms with Crippen LogP contribution in [0.1, 0.15) is 74.5 Å². The molecule has 0 atom stereocenters. The quantitative estimate of drug-likeness (QED) is 0.388. The standard InChI is InChI=1S/C28H28F2/c1-2-3-4-20-7-12-23(13-8-20)24-14-9-21(10-15-24)5-6-22-11-17-26-25(19-22)16-18-27(29)28(26)30/h9-11,14-20,23H,2-4,7-8,12-13H2,1H3. The van der Waals surface area contributed by atoms with Gasteiger partial charge in [-0.2, -0.15) is 0 Å². The van der Waals surface area contributed by atoms with Crippen LogP contribution in [0.25, 0.3) is 10.8 Å². The molecule has 30 heavy (non-hydrogen) atoms. The first-order valence-corrected chi connectivity index (χ1v) is 11.1. The Hall–Kier alpha value is -2.66. The zero-order valence-electron chi connectivity index (χ0n) is 17.6. The van der Waals surface area contributed by atoms with Crippen LogP contribution in [0.2, 0.25) is 0 Å². The molecule has 2 heteroatoms. The minimum atomic E-state index is -0.823. The fourth-order valence-corrected chi connectivity index (χ4v) is 4.60. The first-order valence-electron chi connectivity index (χ1n) is 11.1. The van der Waals surface area contributed by atoms with Crippen LogP contribution < -0.4 is 0 Å². The summed E-state index contributed by atoms with van der Waals surface area (Å²) in [7, 11) is 0. The summed E-state index contributed by atoms with van der Waals surface area (Å²) < 4.78 is 27.2. The van der Waals surface area contributed by atoms with Gasteiger partial charge in [0.05, 0.1) is 0 Å². The molecule has 3 aromatic rings. The first-order chi connectivity index (χ1) is 14.6. The van der Waals surface area contributed by atoms with E-state index >= 15 is 0 Å². The summed E-state index contributed by atoms with van der Waals surface area (Å²) in [6.07, 6.45) is 9.38. The van der Waals surface area contributed by atoms with Crippen LogP contribution in [0.5, 0.6) is 0 Å². The Balaban J connectivity index is 1.42. The zero-order chi connectivity index (χ0) is 20.9. The minimum Gasteiger partial charge on any atom is -0.204 e. The molecule has 0 N–H and O–H groups in total. The van der Waals surface area contributed by atoms with Crippen LogP contribution in [0.15, 0.2) is 54.6 Å². The van der Waals surface area contributed by atoms with Gasteiger partial charge < -0.3 is 0 Å². The van der Waals surface area contributed by atoms with Gasteiger partial charge in [0, 0.05) is 16.5 Å². The molecule has 0 unspecified atom stereocenters. The van der Waals surface area contributed by atoms with Crippen LogP contribution >= 0.6 is 0 Å². The third-order valence-electron chi connectivity index (χ3n) is 6.45. The summed E-state index contributed by atoms with van der Waals surface area (Å²) in [6, 6.07) is 16.5. The van der Waals surface area contributed by atoms with Crippen LogP contribution in [0.3, 0.4) is 0 Å². The fourth-order valence-electron chi connectivity index (χ4n) is 4.60. The lowest BCUT2D eigenvalue weighted by Gasteiger charge is -2.28. The molecule has 0 bridgehead atoms. The van der Waals surface area contributed by atoms with Gasteiger partial charge >= 0.3 is 0 Å². The number of hydrogen-bond acceptors (Lipinski definition) is 0. The molecular weight excluding hydrogens is 374 g/mol. The van der Waals surface area contributed by atoms with E-state index in [1.807, 2.05) is 0 Å². The van der Waals surface area contributed by atoms with Gasteiger partial charge in [0.1, 0.15) is 0 Å². The Labute approximate surface area is 178 Å². The third kappa shape index (κ3) is 4.73. The lowest BCUT2D eigenvalue weighted by atomic mass is 9.77. The van der Waals surface area contributed by atoms with Crippen LogP contribution in [0.4, 0.5) is 8.78 Å². The van der Waals surface area contributed by atoms with Crippen molar-refractivity contribution in [3.8, 4) is 11.8 Å². The van der Waals surface area contributed by atoms with Crippen molar-refractivity contribution in [2.24, 2.45) is 5.92 Å². The number of unbranched alkanes of at least 4 members (excludes halogenated alkanes) is 1. The molecule has 0 spiro atoms. The predicted octanol–water partition coefficient (Wildman–Crippen LogP) is 7.98. The summed E-state index contributed by atoms with van der Waals surface area (Å²) in [6.45, 7) is 2.27. The van der Waals surface area contributed by atoms with E-state index in [0.29, 0.717) is 11.3 Å². The molecule has 1 fully saturated rings. The van der Waals surface area contributed by atoms with Gasteiger partial charge in [-0.15, -0.1) is 0 Å². The number of hydrogen-bond donors (Lipinski definition) is 0. The molecule has 0 radical (unpaired) electrons. The van der Waals surface area contributed by atoms with Crippen LogP contribution in [-0.4, -0.2) is 0 Å². The second-order valence-corrected chi connectivity index (χ2v) is 8.53. The third-order valence-corrected chi connectivity index (χ3v) is 6.45. The van der Waals surface area contributed by atoms with E-state index in [1.54, 1.807) is 24.3 Å². The summed E-state index contributed by atoms with van der Waals surface area (Å²) in [5, 5.41) is 0.944. The lowest BCUT2D eigenvalue weighted by Crippen LogP contribution is -2.13. The summed E-state index contributed by atoms with van der Waals surface area (Å²) in [4.78, 5) is 0. The molecule has 0 aliphatic heterocycles. The molecular formula is C28H28F2. The fraction of sp³-hybridized carbons (Fsp3) is 0.357. The summed E-state index contributed by atoms with van der Waals surface area (Å²) >= 11 is 0. The van der Waals surface area contributed by atoms with E-state index in [0.717, 1.165) is 23.1 Å². The van der Waals surface area contributed by atoms with Crippen molar-refractivity contribution >= 4 is 10.8 Å². The van der Waals surface area contributed by atoms with Gasteiger partial charge in [-0.3, -0.25) is 0 Å². The maximum Gasteiger partial charge on any atom is 0.166 e. The topological polar surface area (TPSA) is 0 Å². The predicted molar refractivity (Wildman–Crippen MR) is 121 cm³/mol. The molecule has 4 rings (SSSR count). The largest absolute Gasteiger partial charge is 0.204 e.